The standard InChI is InChI=1S/C16H20FNO3/c17-14-8-6-12(7-9-14)11-21-15(19)10-18-16(20)13-4-2-1-3-5-13/h6-9,13H,1-5,10-11H2,(H,18,20). The first-order chi connectivity index (χ1) is 10.1. The molecule has 1 aliphatic rings. The Bertz CT molecular complexity index is 481. The predicted octanol–water partition coefficient (Wildman–Crippen LogP) is 2.57. The van der Waals surface area contributed by atoms with Gasteiger partial charge in [-0.25, -0.2) is 4.39 Å². The van der Waals surface area contributed by atoms with Gasteiger partial charge in [0, 0.05) is 5.92 Å². The Kier molecular flexibility index (Phi) is 5.72. The number of carbonyl (C=O) groups excluding carboxylic acids is 2. The molecule has 1 fully saturated rings. The number of esters is 1. The maximum absolute atomic E-state index is 12.7. The summed E-state index contributed by atoms with van der Waals surface area (Å²) in [4.78, 5) is 23.4. The summed E-state index contributed by atoms with van der Waals surface area (Å²) in [5.74, 6) is -0.842. The van der Waals surface area contributed by atoms with Gasteiger partial charge >= 0.3 is 5.97 Å². The maximum atomic E-state index is 12.7. The fraction of sp³-hybridized carbons (Fsp3) is 0.500. The lowest BCUT2D eigenvalue weighted by Gasteiger charge is -2.20. The Balaban J connectivity index is 1.67. The molecule has 0 saturated heterocycles. The molecule has 0 radical (unpaired) electrons. The van der Waals surface area contributed by atoms with Crippen molar-refractivity contribution >= 4 is 11.9 Å². The quantitative estimate of drug-likeness (QED) is 0.849. The van der Waals surface area contributed by atoms with Crippen molar-refractivity contribution < 1.29 is 18.7 Å². The monoisotopic (exact) mass is 293 g/mol. The van der Waals surface area contributed by atoms with E-state index in [0.717, 1.165) is 25.7 Å². The number of nitrogens with one attached hydrogen (secondary N) is 1. The summed E-state index contributed by atoms with van der Waals surface area (Å²) >= 11 is 0. The molecule has 1 amide bonds. The minimum atomic E-state index is -0.483. The molecule has 1 saturated carbocycles. The largest absolute Gasteiger partial charge is 0.460 e. The predicted molar refractivity (Wildman–Crippen MR) is 75.8 cm³/mol. The van der Waals surface area contributed by atoms with E-state index in [0.29, 0.717) is 5.56 Å². The summed E-state index contributed by atoms with van der Waals surface area (Å²) in [7, 11) is 0. The van der Waals surface area contributed by atoms with Crippen molar-refractivity contribution in [2.24, 2.45) is 5.92 Å². The molecular weight excluding hydrogens is 273 g/mol. The normalized spacial score (nSPS) is 15.5. The SMILES string of the molecule is O=C(CNC(=O)C1CCCCC1)OCc1ccc(F)cc1. The van der Waals surface area contributed by atoms with Crippen LogP contribution in [0.25, 0.3) is 0 Å². The molecular formula is C16H20FNO3. The van der Waals surface area contributed by atoms with Crippen LogP contribution in [-0.4, -0.2) is 18.4 Å². The molecule has 1 aromatic carbocycles. The van der Waals surface area contributed by atoms with E-state index < -0.39 is 5.97 Å². The van der Waals surface area contributed by atoms with Gasteiger partial charge in [0.25, 0.3) is 0 Å². The summed E-state index contributed by atoms with van der Waals surface area (Å²) in [6.07, 6.45) is 5.14. The van der Waals surface area contributed by atoms with Gasteiger partial charge in [-0.15, -0.1) is 0 Å². The van der Waals surface area contributed by atoms with Crippen LogP contribution in [0.4, 0.5) is 4.39 Å². The molecule has 1 aromatic rings. The summed E-state index contributed by atoms with van der Waals surface area (Å²) in [6, 6.07) is 5.74. The van der Waals surface area contributed by atoms with Crippen LogP contribution in [0.15, 0.2) is 24.3 Å². The first-order valence-corrected chi connectivity index (χ1v) is 7.33. The van der Waals surface area contributed by atoms with E-state index in [9.17, 15) is 14.0 Å². The highest BCUT2D eigenvalue weighted by atomic mass is 19.1. The lowest BCUT2D eigenvalue weighted by atomic mass is 9.89. The van der Waals surface area contributed by atoms with Crippen LogP contribution >= 0.6 is 0 Å². The molecule has 0 aliphatic heterocycles. The van der Waals surface area contributed by atoms with Crippen LogP contribution in [0.5, 0.6) is 0 Å². The van der Waals surface area contributed by atoms with E-state index in [2.05, 4.69) is 5.32 Å². The molecule has 5 heteroatoms. The number of carbonyl (C=O) groups is 2. The average Bonchev–Trinajstić information content (AvgIpc) is 2.53. The van der Waals surface area contributed by atoms with Crippen LogP contribution in [0.2, 0.25) is 0 Å². The van der Waals surface area contributed by atoms with Gasteiger partial charge in [-0.3, -0.25) is 9.59 Å². The lowest BCUT2D eigenvalue weighted by Crippen LogP contribution is -2.36. The zero-order valence-corrected chi connectivity index (χ0v) is 11.9. The average molecular weight is 293 g/mol. The Labute approximate surface area is 123 Å². The molecule has 0 unspecified atom stereocenters. The molecule has 21 heavy (non-hydrogen) atoms. The molecule has 1 N–H and O–H groups in total. The van der Waals surface area contributed by atoms with Gasteiger partial charge in [0.05, 0.1) is 0 Å². The Hall–Kier alpha value is -1.91. The number of benzene rings is 1. The molecule has 0 aromatic heterocycles. The molecule has 2 rings (SSSR count). The van der Waals surface area contributed by atoms with E-state index in [1.54, 1.807) is 12.1 Å². The molecule has 0 heterocycles. The maximum Gasteiger partial charge on any atom is 0.325 e. The van der Waals surface area contributed by atoms with E-state index >= 15 is 0 Å². The van der Waals surface area contributed by atoms with Gasteiger partial charge < -0.3 is 10.1 Å². The minimum Gasteiger partial charge on any atom is -0.460 e. The first kappa shape index (κ1) is 15.5. The van der Waals surface area contributed by atoms with Crippen molar-refractivity contribution in [3.8, 4) is 0 Å². The minimum absolute atomic E-state index is 0.0312. The highest BCUT2D eigenvalue weighted by Gasteiger charge is 2.21. The zero-order chi connectivity index (χ0) is 15.1. The van der Waals surface area contributed by atoms with Crippen LogP contribution in [0, 0.1) is 11.7 Å². The van der Waals surface area contributed by atoms with Gasteiger partial charge in [-0.2, -0.15) is 0 Å². The van der Waals surface area contributed by atoms with Gasteiger partial charge in [-0.05, 0) is 30.5 Å². The number of hydrogen-bond acceptors (Lipinski definition) is 3. The fourth-order valence-electron chi connectivity index (χ4n) is 2.46. The number of rotatable bonds is 5. The van der Waals surface area contributed by atoms with Gasteiger partial charge in [0.2, 0.25) is 5.91 Å². The van der Waals surface area contributed by atoms with E-state index in [4.69, 9.17) is 4.74 Å². The Morgan fingerprint density at radius 2 is 1.81 bits per heavy atom. The zero-order valence-electron chi connectivity index (χ0n) is 11.9. The van der Waals surface area contributed by atoms with Crippen LogP contribution in [-0.2, 0) is 20.9 Å². The highest BCUT2D eigenvalue weighted by Crippen LogP contribution is 2.23. The smallest absolute Gasteiger partial charge is 0.325 e. The van der Waals surface area contributed by atoms with E-state index in [1.165, 1.54) is 18.6 Å². The number of halogens is 1. The fourth-order valence-corrected chi connectivity index (χ4v) is 2.46. The number of ether oxygens (including phenoxy) is 1. The molecule has 1 aliphatic carbocycles. The van der Waals surface area contributed by atoms with Crippen LogP contribution in [0.3, 0.4) is 0 Å². The van der Waals surface area contributed by atoms with E-state index in [-0.39, 0.29) is 30.8 Å². The number of hydrogen-bond donors (Lipinski definition) is 1. The van der Waals surface area contributed by atoms with Gasteiger partial charge in [0.15, 0.2) is 0 Å². The van der Waals surface area contributed by atoms with Crippen molar-refractivity contribution in [3.05, 3.63) is 35.6 Å². The summed E-state index contributed by atoms with van der Waals surface area (Å²) in [6.45, 7) is -0.0328. The summed E-state index contributed by atoms with van der Waals surface area (Å²) in [5.41, 5.74) is 0.711. The summed E-state index contributed by atoms with van der Waals surface area (Å²) in [5, 5.41) is 2.62. The second-order valence-electron chi connectivity index (χ2n) is 5.34. The summed E-state index contributed by atoms with van der Waals surface area (Å²) < 4.78 is 17.7. The molecule has 114 valence electrons. The number of amides is 1. The topological polar surface area (TPSA) is 55.4 Å². The third kappa shape index (κ3) is 5.17. The Morgan fingerprint density at radius 1 is 1.14 bits per heavy atom. The lowest BCUT2D eigenvalue weighted by molar-refractivity contribution is -0.145. The van der Waals surface area contributed by atoms with Crippen molar-refractivity contribution in [1.29, 1.82) is 0 Å². The third-order valence-electron chi connectivity index (χ3n) is 3.70. The van der Waals surface area contributed by atoms with Gasteiger partial charge in [-0.1, -0.05) is 31.4 Å². The van der Waals surface area contributed by atoms with Crippen molar-refractivity contribution in [2.75, 3.05) is 6.54 Å². The van der Waals surface area contributed by atoms with Crippen LogP contribution < -0.4 is 5.32 Å². The molecule has 0 atom stereocenters. The van der Waals surface area contributed by atoms with Crippen molar-refractivity contribution in [2.45, 2.75) is 38.7 Å². The van der Waals surface area contributed by atoms with Crippen LogP contribution in [0.1, 0.15) is 37.7 Å². The molecule has 0 bridgehead atoms. The molecule has 0 spiro atoms. The van der Waals surface area contributed by atoms with Gasteiger partial charge in [0.1, 0.15) is 19.0 Å². The highest BCUT2D eigenvalue weighted by molar-refractivity contribution is 5.83. The first-order valence-electron chi connectivity index (χ1n) is 7.33. The third-order valence-corrected chi connectivity index (χ3v) is 3.70. The molecule has 4 nitrogen and oxygen atoms in total. The second-order valence-corrected chi connectivity index (χ2v) is 5.34. The van der Waals surface area contributed by atoms with Crippen molar-refractivity contribution in [3.63, 3.8) is 0 Å². The van der Waals surface area contributed by atoms with E-state index in [1.807, 2.05) is 0 Å². The Morgan fingerprint density at radius 3 is 2.48 bits per heavy atom. The second kappa shape index (κ2) is 7.76. The van der Waals surface area contributed by atoms with Crippen molar-refractivity contribution in [1.82, 2.24) is 5.32 Å².